The first-order chi connectivity index (χ1) is 14.1. The van der Waals surface area contributed by atoms with Crippen LogP contribution < -0.4 is 10.6 Å². The molecule has 0 aromatic carbocycles. The number of guanidine groups is 1. The molecule has 1 unspecified atom stereocenters. The molecule has 2 heterocycles. The number of ether oxygens (including phenoxy) is 2. The van der Waals surface area contributed by atoms with Crippen LogP contribution in [0.4, 0.5) is 0 Å². The molecule has 0 saturated carbocycles. The quantitative estimate of drug-likeness (QED) is 0.182. The molecule has 8 heteroatoms. The lowest BCUT2D eigenvalue weighted by molar-refractivity contribution is 0.0203. The molecule has 178 valence electrons. The number of rotatable bonds is 11. The third-order valence-electron chi connectivity index (χ3n) is 6.01. The van der Waals surface area contributed by atoms with Gasteiger partial charge in [0.2, 0.25) is 0 Å². The molecule has 2 aliphatic heterocycles. The average molecular weight is 540 g/mol. The van der Waals surface area contributed by atoms with Gasteiger partial charge < -0.3 is 25.0 Å². The molecule has 30 heavy (non-hydrogen) atoms. The monoisotopic (exact) mass is 539 g/mol. The van der Waals surface area contributed by atoms with E-state index in [-0.39, 0.29) is 24.0 Å². The molecule has 2 fully saturated rings. The summed E-state index contributed by atoms with van der Waals surface area (Å²) in [5.74, 6) is 2.21. The second-order valence-electron chi connectivity index (χ2n) is 8.78. The van der Waals surface area contributed by atoms with Gasteiger partial charge in [-0.3, -0.25) is 9.89 Å². The predicted molar refractivity (Wildman–Crippen MR) is 136 cm³/mol. The minimum absolute atomic E-state index is 0. The van der Waals surface area contributed by atoms with Crippen molar-refractivity contribution >= 4 is 29.9 Å². The van der Waals surface area contributed by atoms with Crippen LogP contribution in [-0.2, 0) is 9.47 Å². The van der Waals surface area contributed by atoms with E-state index in [0.29, 0.717) is 17.9 Å². The van der Waals surface area contributed by atoms with Crippen LogP contribution in [0.15, 0.2) is 4.99 Å². The van der Waals surface area contributed by atoms with Crippen LogP contribution in [0.1, 0.15) is 40.0 Å². The smallest absolute Gasteiger partial charge is 0.191 e. The highest BCUT2D eigenvalue weighted by Crippen LogP contribution is 2.15. The maximum atomic E-state index is 5.87. The van der Waals surface area contributed by atoms with Crippen LogP contribution >= 0.6 is 24.0 Å². The molecular weight excluding hydrogens is 493 g/mol. The van der Waals surface area contributed by atoms with Gasteiger partial charge in [-0.25, -0.2) is 0 Å². The van der Waals surface area contributed by atoms with Gasteiger partial charge in [-0.1, -0.05) is 13.8 Å². The van der Waals surface area contributed by atoms with Crippen LogP contribution in [0.5, 0.6) is 0 Å². The summed E-state index contributed by atoms with van der Waals surface area (Å²) in [4.78, 5) is 9.93. The largest absolute Gasteiger partial charge is 0.381 e. The van der Waals surface area contributed by atoms with E-state index in [9.17, 15) is 0 Å². The van der Waals surface area contributed by atoms with Crippen molar-refractivity contribution in [1.82, 2.24) is 20.4 Å². The molecule has 1 atom stereocenters. The van der Waals surface area contributed by atoms with Gasteiger partial charge in [-0.05, 0) is 45.1 Å². The van der Waals surface area contributed by atoms with Gasteiger partial charge in [0.25, 0.3) is 0 Å². The third-order valence-corrected chi connectivity index (χ3v) is 6.01. The summed E-state index contributed by atoms with van der Waals surface area (Å²) in [7, 11) is 2.21. The molecular formula is C22H46IN5O2. The minimum atomic E-state index is 0. The predicted octanol–water partition coefficient (Wildman–Crippen LogP) is 2.26. The molecule has 0 bridgehead atoms. The van der Waals surface area contributed by atoms with Gasteiger partial charge in [0.1, 0.15) is 0 Å². The Morgan fingerprint density at radius 3 is 2.47 bits per heavy atom. The summed E-state index contributed by atoms with van der Waals surface area (Å²) in [6.45, 7) is 17.4. The first kappa shape index (κ1) is 27.9. The Balaban J connectivity index is 0.00000450. The molecule has 0 aromatic rings. The molecule has 0 spiro atoms. The molecule has 0 aliphatic carbocycles. The normalized spacial score (nSPS) is 20.8. The van der Waals surface area contributed by atoms with E-state index in [1.807, 2.05) is 0 Å². The van der Waals surface area contributed by atoms with E-state index in [1.54, 1.807) is 0 Å². The van der Waals surface area contributed by atoms with Crippen LogP contribution in [0, 0.1) is 11.8 Å². The maximum Gasteiger partial charge on any atom is 0.191 e. The summed E-state index contributed by atoms with van der Waals surface area (Å²) in [6.07, 6.45) is 3.28. The molecule has 0 radical (unpaired) electrons. The number of nitrogens with zero attached hydrogens (tertiary/aromatic N) is 3. The lowest BCUT2D eigenvalue weighted by atomic mass is 10.0. The number of nitrogens with one attached hydrogen (secondary N) is 2. The van der Waals surface area contributed by atoms with E-state index < -0.39 is 0 Å². The fourth-order valence-corrected chi connectivity index (χ4v) is 3.97. The molecule has 2 rings (SSSR count). The maximum absolute atomic E-state index is 5.87. The number of aliphatic imine (C=N–C) groups is 1. The standard InChI is InChI=1S/C22H45N5O2.HI/c1-5-23-22(24-9-6-14-29-18-20-7-15-28-16-8-20)25-17-21(19(2)3)27-12-10-26(4)11-13-27;/h19-21H,5-18H2,1-4H3,(H2,23,24,25);1H. The third kappa shape index (κ3) is 10.9. The highest BCUT2D eigenvalue weighted by molar-refractivity contribution is 14.0. The summed E-state index contributed by atoms with van der Waals surface area (Å²) < 4.78 is 11.3. The Bertz CT molecular complexity index is 453. The van der Waals surface area contributed by atoms with Crippen LogP contribution in [0.2, 0.25) is 0 Å². The molecule has 0 aromatic heterocycles. The SMILES string of the molecule is CCNC(=NCC(C(C)C)N1CCN(C)CC1)NCCCOCC1CCOCC1.I. The highest BCUT2D eigenvalue weighted by Gasteiger charge is 2.24. The van der Waals surface area contributed by atoms with E-state index in [1.165, 1.54) is 0 Å². The first-order valence-electron chi connectivity index (χ1n) is 11.7. The Hall–Kier alpha value is -0.160. The van der Waals surface area contributed by atoms with Crippen molar-refractivity contribution in [1.29, 1.82) is 0 Å². The summed E-state index contributed by atoms with van der Waals surface area (Å²) in [5.41, 5.74) is 0. The van der Waals surface area contributed by atoms with Crippen LogP contribution in [-0.4, -0.2) is 101 Å². The zero-order valence-corrected chi connectivity index (χ0v) is 22.0. The van der Waals surface area contributed by atoms with Crippen molar-refractivity contribution in [3.8, 4) is 0 Å². The van der Waals surface area contributed by atoms with E-state index in [4.69, 9.17) is 14.5 Å². The van der Waals surface area contributed by atoms with E-state index >= 15 is 0 Å². The fraction of sp³-hybridized carbons (Fsp3) is 0.955. The number of hydrogen-bond donors (Lipinski definition) is 2. The van der Waals surface area contributed by atoms with Crippen molar-refractivity contribution in [2.45, 2.75) is 46.1 Å². The number of likely N-dealkylation sites (N-methyl/N-ethyl adjacent to an activating group) is 1. The minimum Gasteiger partial charge on any atom is -0.381 e. The van der Waals surface area contributed by atoms with Crippen molar-refractivity contribution in [3.05, 3.63) is 0 Å². The summed E-state index contributed by atoms with van der Waals surface area (Å²) >= 11 is 0. The van der Waals surface area contributed by atoms with Crippen molar-refractivity contribution in [3.63, 3.8) is 0 Å². The zero-order chi connectivity index (χ0) is 20.9. The summed E-state index contributed by atoms with van der Waals surface area (Å²) in [5, 5.41) is 6.86. The fourth-order valence-electron chi connectivity index (χ4n) is 3.97. The first-order valence-corrected chi connectivity index (χ1v) is 11.7. The molecule has 2 N–H and O–H groups in total. The van der Waals surface area contributed by atoms with Crippen LogP contribution in [0.25, 0.3) is 0 Å². The lowest BCUT2D eigenvalue weighted by Crippen LogP contribution is -2.52. The van der Waals surface area contributed by atoms with Gasteiger partial charge in [0.15, 0.2) is 5.96 Å². The van der Waals surface area contributed by atoms with Gasteiger partial charge in [-0.15, -0.1) is 24.0 Å². The topological polar surface area (TPSA) is 61.4 Å². The molecule has 7 nitrogen and oxygen atoms in total. The van der Waals surface area contributed by atoms with Gasteiger partial charge in [0.05, 0.1) is 6.54 Å². The number of hydrogen-bond acceptors (Lipinski definition) is 5. The Labute approximate surface area is 201 Å². The average Bonchev–Trinajstić information content (AvgIpc) is 2.72. The molecule has 2 aliphatic rings. The van der Waals surface area contributed by atoms with Crippen molar-refractivity contribution < 1.29 is 9.47 Å². The van der Waals surface area contributed by atoms with Gasteiger partial charge in [-0.2, -0.15) is 0 Å². The Morgan fingerprint density at radius 1 is 1.13 bits per heavy atom. The molecule has 0 amide bonds. The van der Waals surface area contributed by atoms with Crippen molar-refractivity contribution in [2.24, 2.45) is 16.8 Å². The second kappa shape index (κ2) is 16.5. The number of halogens is 1. The van der Waals surface area contributed by atoms with E-state index in [2.05, 4.69) is 48.3 Å². The van der Waals surface area contributed by atoms with Crippen LogP contribution in [0.3, 0.4) is 0 Å². The Morgan fingerprint density at radius 2 is 1.83 bits per heavy atom. The Kier molecular flexibility index (Phi) is 15.3. The number of piperazine rings is 1. The molecule has 2 saturated heterocycles. The van der Waals surface area contributed by atoms with E-state index in [0.717, 1.165) is 97.5 Å². The van der Waals surface area contributed by atoms with Gasteiger partial charge >= 0.3 is 0 Å². The zero-order valence-electron chi connectivity index (χ0n) is 19.7. The highest BCUT2D eigenvalue weighted by atomic mass is 127. The summed E-state index contributed by atoms with van der Waals surface area (Å²) in [6, 6.07) is 0.502. The van der Waals surface area contributed by atoms with Crippen molar-refractivity contribution in [2.75, 3.05) is 79.3 Å². The lowest BCUT2D eigenvalue weighted by Gasteiger charge is -2.39. The second-order valence-corrected chi connectivity index (χ2v) is 8.78. The van der Waals surface area contributed by atoms with Gasteiger partial charge in [0, 0.05) is 71.7 Å².